The van der Waals surface area contributed by atoms with E-state index in [1.165, 1.54) is 11.3 Å². The van der Waals surface area contributed by atoms with E-state index in [9.17, 15) is 4.79 Å². The number of rotatable bonds is 4. The summed E-state index contributed by atoms with van der Waals surface area (Å²) in [5.74, 6) is -0.958. The van der Waals surface area contributed by atoms with Crippen LogP contribution in [0.15, 0.2) is 6.20 Å². The highest BCUT2D eigenvalue weighted by Gasteiger charge is 2.53. The molecule has 0 aliphatic heterocycles. The van der Waals surface area contributed by atoms with Gasteiger partial charge in [-0.1, -0.05) is 11.3 Å². The van der Waals surface area contributed by atoms with Gasteiger partial charge in [-0.05, 0) is 12.8 Å². The molecule has 0 saturated heterocycles. The molecule has 1 aliphatic rings. The van der Waals surface area contributed by atoms with Crippen molar-refractivity contribution in [1.29, 1.82) is 0 Å². The molecule has 1 saturated carbocycles. The van der Waals surface area contributed by atoms with E-state index in [1.54, 1.807) is 13.3 Å². The molecule has 0 aromatic carbocycles. The third-order valence-electron chi connectivity index (χ3n) is 2.80. The van der Waals surface area contributed by atoms with Crippen molar-refractivity contribution >= 4 is 17.3 Å². The highest BCUT2D eigenvalue weighted by atomic mass is 32.1. The lowest BCUT2D eigenvalue weighted by Gasteiger charge is -2.16. The number of thiazole rings is 1. The van der Waals surface area contributed by atoms with Crippen LogP contribution < -0.4 is 10.5 Å². The molecule has 2 rings (SSSR count). The second-order valence-corrected chi connectivity index (χ2v) is 4.66. The van der Waals surface area contributed by atoms with E-state index in [0.717, 1.165) is 17.7 Å². The lowest BCUT2D eigenvalue weighted by molar-refractivity contribution is -0.139. The van der Waals surface area contributed by atoms with Gasteiger partial charge in [-0.3, -0.25) is 4.79 Å². The fourth-order valence-electron chi connectivity index (χ4n) is 1.66. The number of aliphatic carboxylic acids is 1. The summed E-state index contributed by atoms with van der Waals surface area (Å²) in [7, 11) is 1.54. The van der Waals surface area contributed by atoms with Crippen LogP contribution in [0.25, 0.3) is 0 Å². The van der Waals surface area contributed by atoms with Crippen LogP contribution in [0.3, 0.4) is 0 Å². The largest absolute Gasteiger partial charge is 0.480 e. The molecule has 1 aromatic heterocycles. The maximum Gasteiger partial charge on any atom is 0.321 e. The Labute approximate surface area is 90.9 Å². The van der Waals surface area contributed by atoms with Crippen LogP contribution in [0.1, 0.15) is 17.7 Å². The van der Waals surface area contributed by atoms with Crippen molar-refractivity contribution in [3.8, 4) is 5.19 Å². The molecular formula is C9H12N2O3S. The average molecular weight is 228 g/mol. The molecular weight excluding hydrogens is 216 g/mol. The molecule has 82 valence electrons. The number of hydrogen-bond acceptors (Lipinski definition) is 5. The smallest absolute Gasteiger partial charge is 0.321 e. The minimum Gasteiger partial charge on any atom is -0.480 e. The maximum atomic E-state index is 10.9. The first-order valence-electron chi connectivity index (χ1n) is 4.59. The number of aromatic nitrogens is 1. The SMILES string of the molecule is COc1ncc(C2(C(N)C(=O)O)CC2)s1. The zero-order valence-corrected chi connectivity index (χ0v) is 9.08. The summed E-state index contributed by atoms with van der Waals surface area (Å²) in [4.78, 5) is 15.8. The second kappa shape index (κ2) is 3.46. The Hall–Kier alpha value is -1.14. The van der Waals surface area contributed by atoms with Crippen molar-refractivity contribution in [1.82, 2.24) is 4.98 Å². The molecule has 1 fully saturated rings. The van der Waals surface area contributed by atoms with Gasteiger partial charge in [0, 0.05) is 16.5 Å². The van der Waals surface area contributed by atoms with Crippen molar-refractivity contribution in [2.75, 3.05) is 7.11 Å². The van der Waals surface area contributed by atoms with Crippen molar-refractivity contribution in [2.24, 2.45) is 5.73 Å². The van der Waals surface area contributed by atoms with Crippen molar-refractivity contribution < 1.29 is 14.6 Å². The van der Waals surface area contributed by atoms with Crippen LogP contribution in [-0.2, 0) is 10.2 Å². The quantitative estimate of drug-likeness (QED) is 0.788. The number of carbonyl (C=O) groups is 1. The zero-order chi connectivity index (χ0) is 11.1. The zero-order valence-electron chi connectivity index (χ0n) is 8.27. The van der Waals surface area contributed by atoms with E-state index in [-0.39, 0.29) is 0 Å². The molecule has 0 amide bonds. The number of nitrogens with two attached hydrogens (primary N) is 1. The molecule has 1 aromatic rings. The van der Waals surface area contributed by atoms with Crippen LogP contribution in [-0.4, -0.2) is 29.2 Å². The predicted octanol–water partition coefficient (Wildman–Crippen LogP) is 0.595. The summed E-state index contributed by atoms with van der Waals surface area (Å²) in [5.41, 5.74) is 5.28. The highest BCUT2D eigenvalue weighted by Crippen LogP contribution is 2.52. The van der Waals surface area contributed by atoms with Gasteiger partial charge < -0.3 is 15.6 Å². The lowest BCUT2D eigenvalue weighted by atomic mass is 9.96. The van der Waals surface area contributed by atoms with Crippen molar-refractivity contribution in [3.63, 3.8) is 0 Å². The first-order valence-corrected chi connectivity index (χ1v) is 5.40. The van der Waals surface area contributed by atoms with Gasteiger partial charge in [0.25, 0.3) is 5.19 Å². The Kier molecular flexibility index (Phi) is 2.40. The first kappa shape index (κ1) is 10.4. The molecule has 0 bridgehead atoms. The Balaban J connectivity index is 2.26. The van der Waals surface area contributed by atoms with Gasteiger partial charge in [0.1, 0.15) is 6.04 Å². The molecule has 0 spiro atoms. The molecule has 3 N–H and O–H groups in total. The van der Waals surface area contributed by atoms with E-state index < -0.39 is 17.4 Å². The van der Waals surface area contributed by atoms with Gasteiger partial charge in [0.2, 0.25) is 0 Å². The van der Waals surface area contributed by atoms with E-state index in [2.05, 4.69) is 4.98 Å². The minimum absolute atomic E-state index is 0.403. The fourth-order valence-corrected chi connectivity index (χ4v) is 2.68. The maximum absolute atomic E-state index is 10.9. The van der Waals surface area contributed by atoms with Crippen molar-refractivity contribution in [2.45, 2.75) is 24.3 Å². The molecule has 1 unspecified atom stereocenters. The summed E-state index contributed by atoms with van der Waals surface area (Å²) >= 11 is 1.37. The summed E-state index contributed by atoms with van der Waals surface area (Å²) in [6.45, 7) is 0. The number of methoxy groups -OCH3 is 1. The van der Waals surface area contributed by atoms with Crippen LogP contribution in [0, 0.1) is 0 Å². The van der Waals surface area contributed by atoms with Crippen LogP contribution >= 0.6 is 11.3 Å². The Bertz CT molecular complexity index is 386. The van der Waals surface area contributed by atoms with Crippen LogP contribution in [0.5, 0.6) is 5.19 Å². The number of hydrogen-bond donors (Lipinski definition) is 2. The summed E-state index contributed by atoms with van der Waals surface area (Å²) in [5, 5.41) is 9.46. The van der Waals surface area contributed by atoms with E-state index >= 15 is 0 Å². The Morgan fingerprint density at radius 2 is 2.47 bits per heavy atom. The molecule has 15 heavy (non-hydrogen) atoms. The number of ether oxygens (including phenoxy) is 1. The van der Waals surface area contributed by atoms with Gasteiger partial charge in [0.05, 0.1) is 7.11 Å². The third-order valence-corrected chi connectivity index (χ3v) is 3.98. The van der Waals surface area contributed by atoms with Crippen molar-refractivity contribution in [3.05, 3.63) is 11.1 Å². The molecule has 5 nitrogen and oxygen atoms in total. The summed E-state index contributed by atoms with van der Waals surface area (Å²) < 4.78 is 4.98. The monoisotopic (exact) mass is 228 g/mol. The average Bonchev–Trinajstić information content (AvgIpc) is 2.88. The van der Waals surface area contributed by atoms with E-state index in [0.29, 0.717) is 5.19 Å². The van der Waals surface area contributed by atoms with E-state index in [4.69, 9.17) is 15.6 Å². The van der Waals surface area contributed by atoms with Gasteiger partial charge in [-0.15, -0.1) is 0 Å². The normalized spacial score (nSPS) is 19.6. The van der Waals surface area contributed by atoms with Gasteiger partial charge in [-0.2, -0.15) is 0 Å². The number of carboxylic acid groups (broad SMARTS) is 1. The molecule has 0 radical (unpaired) electrons. The third kappa shape index (κ3) is 1.59. The molecule has 6 heteroatoms. The van der Waals surface area contributed by atoms with Crippen LogP contribution in [0.4, 0.5) is 0 Å². The van der Waals surface area contributed by atoms with Gasteiger partial charge >= 0.3 is 5.97 Å². The number of nitrogens with zero attached hydrogens (tertiary/aromatic N) is 1. The van der Waals surface area contributed by atoms with Crippen LogP contribution in [0.2, 0.25) is 0 Å². The van der Waals surface area contributed by atoms with Gasteiger partial charge in [-0.25, -0.2) is 4.98 Å². The Morgan fingerprint density at radius 3 is 2.87 bits per heavy atom. The molecule has 1 atom stereocenters. The standard InChI is InChI=1S/C9H12N2O3S/c1-14-8-11-4-5(15-8)9(2-3-9)6(10)7(12)13/h4,6H,2-3,10H2,1H3,(H,12,13). The first-order chi connectivity index (χ1) is 7.10. The summed E-state index contributed by atoms with van der Waals surface area (Å²) in [6, 6.07) is -0.845. The Morgan fingerprint density at radius 1 is 1.80 bits per heavy atom. The fraction of sp³-hybridized carbons (Fsp3) is 0.556. The predicted molar refractivity (Wildman–Crippen MR) is 55.2 cm³/mol. The number of carboxylic acids is 1. The van der Waals surface area contributed by atoms with Gasteiger partial charge in [0.15, 0.2) is 0 Å². The lowest BCUT2D eigenvalue weighted by Crippen LogP contribution is -2.41. The molecule has 1 aliphatic carbocycles. The molecule has 1 heterocycles. The topological polar surface area (TPSA) is 85.4 Å². The minimum atomic E-state index is -0.958. The highest BCUT2D eigenvalue weighted by molar-refractivity contribution is 7.13. The second-order valence-electron chi connectivity index (χ2n) is 3.67. The van der Waals surface area contributed by atoms with E-state index in [1.807, 2.05) is 0 Å². The summed E-state index contributed by atoms with van der Waals surface area (Å²) in [6.07, 6.45) is 3.29.